The van der Waals surface area contributed by atoms with Crippen molar-refractivity contribution in [3.63, 3.8) is 0 Å². The van der Waals surface area contributed by atoms with Crippen LogP contribution < -0.4 is 5.69 Å². The van der Waals surface area contributed by atoms with E-state index in [2.05, 4.69) is 21.0 Å². The van der Waals surface area contributed by atoms with E-state index in [1.54, 1.807) is 0 Å². The molecule has 0 unspecified atom stereocenters. The van der Waals surface area contributed by atoms with Crippen molar-refractivity contribution >= 4 is 22.1 Å². The lowest BCUT2D eigenvalue weighted by Crippen LogP contribution is -1.99. The molecule has 0 aliphatic rings. The first-order valence-corrected chi connectivity index (χ1v) is 4.23. The molecule has 0 saturated heterocycles. The number of benzene rings is 1. The molecular weight excluding hydrogens is 178 g/mol. The van der Waals surface area contributed by atoms with Crippen molar-refractivity contribution < 1.29 is 0 Å². The van der Waals surface area contributed by atoms with Crippen molar-refractivity contribution in [2.75, 3.05) is 0 Å². The second-order valence-electron chi connectivity index (χ2n) is 3.06. The van der Waals surface area contributed by atoms with Crippen molar-refractivity contribution in [3.05, 3.63) is 40.8 Å². The number of aromatic amines is 2. The van der Waals surface area contributed by atoms with Crippen LogP contribution in [0.1, 0.15) is 0 Å². The zero-order chi connectivity index (χ0) is 9.54. The van der Waals surface area contributed by atoms with Crippen LogP contribution in [0.15, 0.2) is 29.1 Å². The van der Waals surface area contributed by atoms with Gasteiger partial charge >= 0.3 is 5.69 Å². The van der Waals surface area contributed by atoms with Gasteiger partial charge in [0.15, 0.2) is 5.65 Å². The van der Waals surface area contributed by atoms with Crippen molar-refractivity contribution in [2.24, 2.45) is 0 Å². The van der Waals surface area contributed by atoms with E-state index in [0.29, 0.717) is 11.2 Å². The van der Waals surface area contributed by atoms with Gasteiger partial charge in [-0.2, -0.15) is 0 Å². The molecule has 4 heteroatoms. The number of aromatic nitrogens is 3. The number of imidazole rings is 1. The number of pyridine rings is 1. The molecule has 0 spiro atoms. The zero-order valence-corrected chi connectivity index (χ0v) is 7.16. The fourth-order valence-electron chi connectivity index (χ4n) is 1.48. The van der Waals surface area contributed by atoms with Crippen LogP contribution in [0.5, 0.6) is 0 Å². The number of nitrogens with one attached hydrogen (secondary N) is 2. The summed E-state index contributed by atoms with van der Waals surface area (Å²) in [4.78, 5) is 20.5. The normalized spacial score (nSPS) is 11.1. The third kappa shape index (κ3) is 0.939. The summed E-state index contributed by atoms with van der Waals surface area (Å²) in [5.41, 5.74) is 1.75. The predicted octanol–water partition coefficient (Wildman–Crippen LogP) is 1.20. The third-order valence-electron chi connectivity index (χ3n) is 2.10. The molecule has 0 saturated carbocycles. The third-order valence-corrected chi connectivity index (χ3v) is 2.10. The van der Waals surface area contributed by atoms with Crippen molar-refractivity contribution in [1.29, 1.82) is 0 Å². The summed E-state index contributed by atoms with van der Waals surface area (Å²) in [6.45, 7) is 0. The van der Waals surface area contributed by atoms with Crippen molar-refractivity contribution in [2.45, 2.75) is 0 Å². The minimum atomic E-state index is -0.251. The monoisotopic (exact) mass is 184 g/mol. The maximum absolute atomic E-state index is 11.0. The summed E-state index contributed by atoms with van der Waals surface area (Å²) in [5.74, 6) is 0. The Kier molecular flexibility index (Phi) is 1.28. The Morgan fingerprint density at radius 3 is 3.00 bits per heavy atom. The van der Waals surface area contributed by atoms with Crippen LogP contribution in [-0.2, 0) is 0 Å². The molecule has 1 aromatic carbocycles. The lowest BCUT2D eigenvalue weighted by atomic mass is 10.2. The molecule has 4 nitrogen and oxygen atoms in total. The first-order valence-electron chi connectivity index (χ1n) is 4.23. The van der Waals surface area contributed by atoms with Crippen LogP contribution in [0.3, 0.4) is 0 Å². The van der Waals surface area contributed by atoms with E-state index in [9.17, 15) is 4.79 Å². The summed E-state index contributed by atoms with van der Waals surface area (Å²) >= 11 is 0. The first kappa shape index (κ1) is 7.32. The van der Waals surface area contributed by atoms with E-state index >= 15 is 0 Å². The number of H-pyrrole nitrogens is 2. The Morgan fingerprint density at radius 2 is 2.07 bits per heavy atom. The first-order chi connectivity index (χ1) is 6.83. The predicted molar refractivity (Wildman–Crippen MR) is 53.1 cm³/mol. The van der Waals surface area contributed by atoms with Gasteiger partial charge in [0.2, 0.25) is 0 Å². The topological polar surface area (TPSA) is 61.5 Å². The molecular formula is C10H6N3O. The van der Waals surface area contributed by atoms with E-state index in [1.807, 2.05) is 24.3 Å². The van der Waals surface area contributed by atoms with Gasteiger partial charge in [-0.15, -0.1) is 0 Å². The lowest BCUT2D eigenvalue weighted by Gasteiger charge is -1.94. The fraction of sp³-hybridized carbons (Fsp3) is 0. The average Bonchev–Trinajstić information content (AvgIpc) is 2.53. The van der Waals surface area contributed by atoms with Gasteiger partial charge in [0.1, 0.15) is 0 Å². The largest absolute Gasteiger partial charge is 0.325 e. The molecule has 14 heavy (non-hydrogen) atoms. The second kappa shape index (κ2) is 2.45. The number of fused-ring (bicyclic) bond motifs is 2. The zero-order valence-electron chi connectivity index (χ0n) is 7.16. The Morgan fingerprint density at radius 1 is 1.21 bits per heavy atom. The molecule has 1 radical (unpaired) electrons. The van der Waals surface area contributed by atoms with Gasteiger partial charge in [-0.25, -0.2) is 9.78 Å². The standard InChI is InChI=1S/C10H6N3O/c14-10-12-8-5-6-3-1-2-4-7(6)11-9(8)13-10/h1-4H,(H2,11,12,13,14). The Bertz CT molecular complexity index is 610. The van der Waals surface area contributed by atoms with Crippen molar-refractivity contribution in [3.8, 4) is 0 Å². The van der Waals surface area contributed by atoms with Gasteiger partial charge in [0.05, 0.1) is 11.0 Å². The molecule has 0 atom stereocenters. The Balaban J connectivity index is 2.57. The molecule has 2 heterocycles. The van der Waals surface area contributed by atoms with Crippen LogP contribution in [0.4, 0.5) is 0 Å². The number of hydrogen-bond donors (Lipinski definition) is 2. The van der Waals surface area contributed by atoms with E-state index in [-0.39, 0.29) is 5.69 Å². The van der Waals surface area contributed by atoms with Crippen LogP contribution in [0.2, 0.25) is 0 Å². The summed E-state index contributed by atoms with van der Waals surface area (Å²) in [5, 5.41) is 0.898. The fourth-order valence-corrected chi connectivity index (χ4v) is 1.48. The van der Waals surface area contributed by atoms with E-state index in [4.69, 9.17) is 0 Å². The molecule has 0 fully saturated rings. The summed E-state index contributed by atoms with van der Waals surface area (Å²) in [7, 11) is 0. The Hall–Kier alpha value is -2.10. The minimum Gasteiger partial charge on any atom is -0.304 e. The van der Waals surface area contributed by atoms with Crippen LogP contribution >= 0.6 is 0 Å². The summed E-state index contributed by atoms with van der Waals surface area (Å²) in [6.07, 6.45) is 0. The molecule has 0 amide bonds. The molecule has 2 N–H and O–H groups in total. The highest BCUT2D eigenvalue weighted by molar-refractivity contribution is 5.88. The van der Waals surface area contributed by atoms with Crippen LogP contribution in [0, 0.1) is 6.07 Å². The van der Waals surface area contributed by atoms with Gasteiger partial charge in [0.25, 0.3) is 0 Å². The maximum Gasteiger partial charge on any atom is 0.325 e. The SMILES string of the molecule is O=c1[nH]c2[c]c3ccccc3nc2[nH]1. The summed E-state index contributed by atoms with van der Waals surface area (Å²) < 4.78 is 0. The average molecular weight is 184 g/mol. The van der Waals surface area contributed by atoms with E-state index in [1.165, 1.54) is 0 Å². The second-order valence-corrected chi connectivity index (χ2v) is 3.06. The quantitative estimate of drug-likeness (QED) is 0.551. The van der Waals surface area contributed by atoms with Gasteiger partial charge in [-0.1, -0.05) is 18.2 Å². The highest BCUT2D eigenvalue weighted by atomic mass is 16.1. The minimum absolute atomic E-state index is 0.251. The highest BCUT2D eigenvalue weighted by Crippen LogP contribution is 2.14. The van der Waals surface area contributed by atoms with Crippen LogP contribution in [0.25, 0.3) is 22.1 Å². The molecule has 3 rings (SSSR count). The van der Waals surface area contributed by atoms with Gasteiger partial charge in [0, 0.05) is 11.5 Å². The molecule has 0 aliphatic carbocycles. The number of para-hydroxylation sites is 1. The van der Waals surface area contributed by atoms with Crippen LogP contribution in [-0.4, -0.2) is 15.0 Å². The number of rotatable bonds is 0. The lowest BCUT2D eigenvalue weighted by molar-refractivity contribution is 1.20. The number of nitrogens with zero attached hydrogens (tertiary/aromatic N) is 1. The van der Waals surface area contributed by atoms with Gasteiger partial charge < -0.3 is 4.98 Å². The number of hydrogen-bond acceptors (Lipinski definition) is 2. The Labute approximate surface area is 78.6 Å². The van der Waals surface area contributed by atoms with Gasteiger partial charge in [-0.05, 0) is 6.07 Å². The maximum atomic E-state index is 11.0. The van der Waals surface area contributed by atoms with Crippen molar-refractivity contribution in [1.82, 2.24) is 15.0 Å². The smallest absolute Gasteiger partial charge is 0.304 e. The molecule has 2 aromatic heterocycles. The van der Waals surface area contributed by atoms with E-state index in [0.717, 1.165) is 10.9 Å². The molecule has 3 aromatic rings. The molecule has 0 bridgehead atoms. The molecule has 0 aliphatic heterocycles. The van der Waals surface area contributed by atoms with Gasteiger partial charge in [-0.3, -0.25) is 4.98 Å². The summed E-state index contributed by atoms with van der Waals surface area (Å²) in [6, 6.07) is 10.7. The van der Waals surface area contributed by atoms with E-state index < -0.39 is 0 Å². The highest BCUT2D eigenvalue weighted by Gasteiger charge is 2.01. The molecule has 67 valence electrons.